The Morgan fingerprint density at radius 2 is 1.46 bits per heavy atom. The molecular formula is C23H34N4O8. The van der Waals surface area contributed by atoms with Gasteiger partial charge in [-0.3, -0.25) is 19.2 Å². The van der Waals surface area contributed by atoms with Gasteiger partial charge in [-0.15, -0.1) is 0 Å². The summed E-state index contributed by atoms with van der Waals surface area (Å²) in [6, 6.07) is 3.41. The van der Waals surface area contributed by atoms with E-state index in [-0.39, 0.29) is 6.42 Å². The monoisotopic (exact) mass is 494 g/mol. The number of nitrogens with one attached hydrogen (secondary N) is 3. The van der Waals surface area contributed by atoms with E-state index in [1.54, 1.807) is 44.2 Å². The Morgan fingerprint density at radius 3 is 1.94 bits per heavy atom. The summed E-state index contributed by atoms with van der Waals surface area (Å²) in [7, 11) is 0. The summed E-state index contributed by atoms with van der Waals surface area (Å²) in [5.41, 5.74) is 6.70. The van der Waals surface area contributed by atoms with Crippen LogP contribution in [0.4, 0.5) is 0 Å². The molecule has 6 unspecified atom stereocenters. The molecule has 0 bridgehead atoms. The first-order chi connectivity index (χ1) is 16.4. The van der Waals surface area contributed by atoms with E-state index in [4.69, 9.17) is 5.73 Å². The number of carbonyl (C=O) groups is 5. The Bertz CT molecular complexity index is 893. The summed E-state index contributed by atoms with van der Waals surface area (Å²) in [5.74, 6) is -5.89. The topological polar surface area (TPSA) is 208 Å². The Morgan fingerprint density at radius 1 is 0.886 bits per heavy atom. The van der Waals surface area contributed by atoms with Crippen molar-refractivity contribution in [2.24, 2.45) is 11.7 Å². The first kappa shape index (κ1) is 29.5. The molecule has 0 heterocycles. The molecule has 35 heavy (non-hydrogen) atoms. The lowest BCUT2D eigenvalue weighted by molar-refractivity contribution is -0.146. The average Bonchev–Trinajstić information content (AvgIpc) is 2.79. The average molecular weight is 495 g/mol. The van der Waals surface area contributed by atoms with Crippen LogP contribution in [0.1, 0.15) is 39.2 Å². The third-order valence-electron chi connectivity index (χ3n) is 5.49. The van der Waals surface area contributed by atoms with E-state index in [1.165, 1.54) is 6.92 Å². The Balaban J connectivity index is 2.99. The summed E-state index contributed by atoms with van der Waals surface area (Å²) in [6.07, 6.45) is -1.62. The van der Waals surface area contributed by atoms with Crippen LogP contribution in [0.5, 0.6) is 0 Å². The number of carbonyl (C=O) groups excluding carboxylic acids is 3. The van der Waals surface area contributed by atoms with Gasteiger partial charge in [0.05, 0.1) is 18.6 Å². The number of hydrogen-bond donors (Lipinski definition) is 7. The number of carboxylic acid groups (broad SMARTS) is 2. The fourth-order valence-corrected chi connectivity index (χ4v) is 3.21. The zero-order valence-corrected chi connectivity index (χ0v) is 19.9. The third kappa shape index (κ3) is 9.71. The highest BCUT2D eigenvalue weighted by Gasteiger charge is 2.34. The molecule has 1 rings (SSSR count). The molecule has 8 N–H and O–H groups in total. The molecule has 0 fully saturated rings. The van der Waals surface area contributed by atoms with Crippen LogP contribution < -0.4 is 21.7 Å². The zero-order chi connectivity index (χ0) is 26.7. The van der Waals surface area contributed by atoms with Crippen molar-refractivity contribution in [3.63, 3.8) is 0 Å². The summed E-state index contributed by atoms with van der Waals surface area (Å²) in [5, 5.41) is 35.0. The largest absolute Gasteiger partial charge is 0.481 e. The maximum atomic E-state index is 12.9. The van der Waals surface area contributed by atoms with E-state index >= 15 is 0 Å². The van der Waals surface area contributed by atoms with Crippen LogP contribution in [0.3, 0.4) is 0 Å². The molecule has 0 aliphatic heterocycles. The lowest BCUT2D eigenvalue weighted by Gasteiger charge is -2.28. The molecule has 0 saturated heterocycles. The lowest BCUT2D eigenvalue weighted by Crippen LogP contribution is -2.60. The summed E-state index contributed by atoms with van der Waals surface area (Å²) < 4.78 is 0. The van der Waals surface area contributed by atoms with Crippen LogP contribution in [0, 0.1) is 5.92 Å². The minimum atomic E-state index is -1.61. The zero-order valence-electron chi connectivity index (χ0n) is 19.9. The molecule has 1 aromatic carbocycles. The van der Waals surface area contributed by atoms with Crippen LogP contribution in [0.2, 0.25) is 0 Å². The van der Waals surface area contributed by atoms with Crippen molar-refractivity contribution in [3.05, 3.63) is 35.9 Å². The predicted octanol–water partition coefficient (Wildman–Crippen LogP) is -1.00. The van der Waals surface area contributed by atoms with Crippen molar-refractivity contribution >= 4 is 29.7 Å². The quantitative estimate of drug-likeness (QED) is 0.169. The normalized spacial score (nSPS) is 16.0. The first-order valence-electron chi connectivity index (χ1n) is 11.2. The Kier molecular flexibility index (Phi) is 11.8. The molecule has 0 radical (unpaired) electrons. The van der Waals surface area contributed by atoms with Crippen molar-refractivity contribution in [1.29, 1.82) is 0 Å². The highest BCUT2D eigenvalue weighted by molar-refractivity contribution is 5.95. The minimum absolute atomic E-state index is 0.155. The van der Waals surface area contributed by atoms with Crippen molar-refractivity contribution < 1.29 is 39.3 Å². The number of amides is 3. The minimum Gasteiger partial charge on any atom is -0.481 e. The maximum Gasteiger partial charge on any atom is 0.328 e. The molecule has 0 aliphatic carbocycles. The van der Waals surface area contributed by atoms with Gasteiger partial charge in [0.1, 0.15) is 12.1 Å². The van der Waals surface area contributed by atoms with Crippen LogP contribution in [0.25, 0.3) is 0 Å². The third-order valence-corrected chi connectivity index (χ3v) is 5.49. The molecule has 12 heteroatoms. The number of aliphatic hydroxyl groups excluding tert-OH is 1. The van der Waals surface area contributed by atoms with Crippen molar-refractivity contribution in [1.82, 2.24) is 16.0 Å². The number of aliphatic carboxylic acids is 2. The van der Waals surface area contributed by atoms with Crippen molar-refractivity contribution in [3.8, 4) is 0 Å². The molecule has 12 nitrogen and oxygen atoms in total. The molecule has 0 spiro atoms. The van der Waals surface area contributed by atoms with Crippen LogP contribution in [-0.4, -0.2) is 75.3 Å². The van der Waals surface area contributed by atoms with Gasteiger partial charge in [0.25, 0.3) is 0 Å². The van der Waals surface area contributed by atoms with Gasteiger partial charge in [0, 0.05) is 0 Å². The van der Waals surface area contributed by atoms with Gasteiger partial charge in [-0.25, -0.2) is 4.79 Å². The van der Waals surface area contributed by atoms with Crippen LogP contribution in [0.15, 0.2) is 30.3 Å². The lowest BCUT2D eigenvalue weighted by atomic mass is 9.97. The number of carboxylic acids is 2. The van der Waals surface area contributed by atoms with E-state index in [0.29, 0.717) is 6.42 Å². The highest BCUT2D eigenvalue weighted by atomic mass is 16.4. The Hall–Kier alpha value is -3.51. The van der Waals surface area contributed by atoms with E-state index in [0.717, 1.165) is 5.56 Å². The van der Waals surface area contributed by atoms with Gasteiger partial charge in [0.2, 0.25) is 17.7 Å². The van der Waals surface area contributed by atoms with Crippen LogP contribution in [-0.2, 0) is 30.4 Å². The van der Waals surface area contributed by atoms with Gasteiger partial charge >= 0.3 is 11.9 Å². The van der Waals surface area contributed by atoms with Gasteiger partial charge in [0.15, 0.2) is 6.04 Å². The predicted molar refractivity (Wildman–Crippen MR) is 125 cm³/mol. The number of nitrogens with two attached hydrogens (primary N) is 1. The molecule has 0 aromatic heterocycles. The smallest absolute Gasteiger partial charge is 0.328 e. The van der Waals surface area contributed by atoms with E-state index in [2.05, 4.69) is 16.0 Å². The van der Waals surface area contributed by atoms with E-state index < -0.39 is 72.3 Å². The fraction of sp³-hybridized carbons (Fsp3) is 0.522. The van der Waals surface area contributed by atoms with Gasteiger partial charge in [-0.2, -0.15) is 0 Å². The van der Waals surface area contributed by atoms with Crippen molar-refractivity contribution in [2.45, 2.75) is 70.3 Å². The summed E-state index contributed by atoms with van der Waals surface area (Å²) in [4.78, 5) is 60.9. The summed E-state index contributed by atoms with van der Waals surface area (Å²) in [6.45, 7) is 4.55. The molecule has 1 aromatic rings. The first-order valence-corrected chi connectivity index (χ1v) is 11.2. The molecule has 194 valence electrons. The number of hydrogen-bond acceptors (Lipinski definition) is 7. The van der Waals surface area contributed by atoms with Gasteiger partial charge in [-0.05, 0) is 24.8 Å². The highest BCUT2D eigenvalue weighted by Crippen LogP contribution is 2.10. The van der Waals surface area contributed by atoms with E-state index in [1.807, 2.05) is 0 Å². The molecule has 0 saturated carbocycles. The molecule has 0 aliphatic rings. The molecule has 6 atom stereocenters. The Labute approximate surface area is 203 Å². The second-order valence-corrected chi connectivity index (χ2v) is 8.39. The van der Waals surface area contributed by atoms with E-state index in [9.17, 15) is 39.3 Å². The maximum absolute atomic E-state index is 12.9. The second-order valence-electron chi connectivity index (χ2n) is 8.39. The molecule has 3 amide bonds. The van der Waals surface area contributed by atoms with Crippen LogP contribution >= 0.6 is 0 Å². The number of rotatable bonds is 14. The SMILES string of the molecule is CCC(C)C(NC(=O)C(CC(=O)O)NC(=O)C(N)Cc1ccccc1)C(=O)NC(C(=O)O)C(C)O. The number of aliphatic hydroxyl groups is 1. The van der Waals surface area contributed by atoms with Gasteiger partial charge in [-0.1, -0.05) is 50.6 Å². The summed E-state index contributed by atoms with van der Waals surface area (Å²) >= 11 is 0. The fourth-order valence-electron chi connectivity index (χ4n) is 3.21. The number of benzene rings is 1. The van der Waals surface area contributed by atoms with Crippen molar-refractivity contribution in [2.75, 3.05) is 0 Å². The van der Waals surface area contributed by atoms with Gasteiger partial charge < -0.3 is 37.0 Å². The second kappa shape index (κ2) is 14.0. The molecular weight excluding hydrogens is 460 g/mol. The standard InChI is InChI=1S/C23H34N4O8/c1-4-12(2)18(22(33)27-19(13(3)28)23(34)35)26-21(32)16(11-17(29)30)25-20(31)15(24)10-14-8-6-5-7-9-14/h5-9,12-13,15-16,18-19,28H,4,10-11,24H2,1-3H3,(H,25,31)(H,26,32)(H,27,33)(H,29,30)(H,34,35).